The second-order valence-electron chi connectivity index (χ2n) is 13.5. The van der Waals surface area contributed by atoms with Crippen molar-refractivity contribution >= 4 is 17.5 Å². The van der Waals surface area contributed by atoms with E-state index in [1.54, 1.807) is 45.6 Å². The van der Waals surface area contributed by atoms with E-state index in [0.717, 1.165) is 35.2 Å². The number of fused-ring (bicyclic) bond motifs is 7. The van der Waals surface area contributed by atoms with Crippen molar-refractivity contribution in [1.29, 1.82) is 0 Å². The average Bonchev–Trinajstić information content (AvgIpc) is 3.33. The third-order valence-electron chi connectivity index (χ3n) is 10.5. The summed E-state index contributed by atoms with van der Waals surface area (Å²) < 4.78 is 19.1. The SMILES string of the molecule is CC[C@H](C)[C@H](Nc1ccc2c(cc1=O)[C@H](NC(C)=O)CCc1cc(OC)c(OC)c(OC)c1-2)C(=O)N1C[C@@H]2C[C@H](C1)c1cccc(=O)n1C2. The summed E-state index contributed by atoms with van der Waals surface area (Å²) in [5, 5.41) is 6.42. The van der Waals surface area contributed by atoms with Gasteiger partial charge in [-0.2, -0.15) is 0 Å². The largest absolute Gasteiger partial charge is 0.493 e. The van der Waals surface area contributed by atoms with Crippen LogP contribution in [0.1, 0.15) is 68.8 Å². The molecule has 11 heteroatoms. The number of carbonyl (C=O) groups is 2. The van der Waals surface area contributed by atoms with Gasteiger partial charge in [0.25, 0.3) is 5.56 Å². The molecule has 2 bridgehead atoms. The van der Waals surface area contributed by atoms with Gasteiger partial charge < -0.3 is 34.3 Å². The van der Waals surface area contributed by atoms with E-state index in [-0.39, 0.29) is 40.6 Å². The summed E-state index contributed by atoms with van der Waals surface area (Å²) in [6.45, 7) is 7.20. The van der Waals surface area contributed by atoms with Crippen LogP contribution >= 0.6 is 0 Å². The molecule has 2 amide bonds. The molecule has 2 aromatic carbocycles. The highest BCUT2D eigenvalue weighted by atomic mass is 16.5. The number of nitrogens with zero attached hydrogens (tertiary/aromatic N) is 2. The van der Waals surface area contributed by atoms with Crippen molar-refractivity contribution in [2.45, 2.75) is 71.0 Å². The van der Waals surface area contributed by atoms with Gasteiger partial charge in [0, 0.05) is 49.8 Å². The van der Waals surface area contributed by atoms with E-state index < -0.39 is 12.1 Å². The third-order valence-corrected chi connectivity index (χ3v) is 10.5. The van der Waals surface area contributed by atoms with Crippen LogP contribution in [0.3, 0.4) is 0 Å². The van der Waals surface area contributed by atoms with Crippen molar-refractivity contribution in [3.8, 4) is 28.4 Å². The Kier molecular flexibility index (Phi) is 9.72. The fourth-order valence-corrected chi connectivity index (χ4v) is 7.95. The molecule has 1 fully saturated rings. The van der Waals surface area contributed by atoms with Crippen LogP contribution in [0.4, 0.5) is 5.69 Å². The standard InChI is InChI=1S/C38H46N4O7/c1-7-21(2)35(38(46)41-18-23-15-25(20-41)30-9-8-10-33(45)42(30)19-23)40-29-14-12-26-27(17-31(29)44)28(39-22(3)43)13-11-24-16-32(47-4)36(48-5)37(49-6)34(24)26/h8-10,12,14,16-17,21,23,25,28,35H,7,11,13,15,18-20H2,1-6H3,(H,39,43)(H,40,44)/t21-,23-,25+,28+,35-/m0/s1. The van der Waals surface area contributed by atoms with Crippen LogP contribution < -0.4 is 35.8 Å². The summed E-state index contributed by atoms with van der Waals surface area (Å²) in [4.78, 5) is 55.3. The molecule has 0 unspecified atom stereocenters. The van der Waals surface area contributed by atoms with E-state index in [2.05, 4.69) is 10.6 Å². The van der Waals surface area contributed by atoms with Crippen LogP contribution in [0.25, 0.3) is 11.1 Å². The first-order valence-corrected chi connectivity index (χ1v) is 17.1. The van der Waals surface area contributed by atoms with Crippen molar-refractivity contribution < 1.29 is 23.8 Å². The number of hydrogen-bond donors (Lipinski definition) is 2. The molecular formula is C38H46N4O7. The van der Waals surface area contributed by atoms with Crippen LogP contribution in [0, 0.1) is 11.8 Å². The van der Waals surface area contributed by atoms with E-state index in [1.165, 1.54) is 6.92 Å². The molecule has 3 aromatic rings. The number of methoxy groups -OCH3 is 3. The van der Waals surface area contributed by atoms with Gasteiger partial charge in [0.2, 0.25) is 23.0 Å². The predicted octanol–water partition coefficient (Wildman–Crippen LogP) is 4.50. The van der Waals surface area contributed by atoms with Gasteiger partial charge in [-0.05, 0) is 72.1 Å². The average molecular weight is 671 g/mol. The van der Waals surface area contributed by atoms with Crippen molar-refractivity contribution in [1.82, 2.24) is 14.8 Å². The van der Waals surface area contributed by atoms with Crippen molar-refractivity contribution in [3.05, 3.63) is 79.9 Å². The molecule has 0 radical (unpaired) electrons. The quantitative estimate of drug-likeness (QED) is 0.341. The normalized spacial score (nSPS) is 20.4. The minimum Gasteiger partial charge on any atom is -0.493 e. The minimum atomic E-state index is -0.644. The summed E-state index contributed by atoms with van der Waals surface area (Å²) >= 11 is 0. The van der Waals surface area contributed by atoms with Crippen LogP contribution in [-0.2, 0) is 22.6 Å². The van der Waals surface area contributed by atoms with E-state index >= 15 is 0 Å². The summed E-state index contributed by atoms with van der Waals surface area (Å²) in [6, 6.07) is 11.4. The van der Waals surface area contributed by atoms with Crippen molar-refractivity contribution in [2.24, 2.45) is 11.8 Å². The molecular weight excluding hydrogens is 624 g/mol. The number of ether oxygens (including phenoxy) is 3. The van der Waals surface area contributed by atoms with Crippen molar-refractivity contribution in [3.63, 3.8) is 0 Å². The number of benzene rings is 1. The fourth-order valence-electron chi connectivity index (χ4n) is 7.95. The number of piperidine rings is 1. The van der Waals surface area contributed by atoms with Gasteiger partial charge in [-0.3, -0.25) is 19.2 Å². The number of nitrogens with one attached hydrogen (secondary N) is 2. The van der Waals surface area contributed by atoms with E-state index in [9.17, 15) is 19.2 Å². The lowest BCUT2D eigenvalue weighted by atomic mass is 9.82. The van der Waals surface area contributed by atoms with Gasteiger partial charge in [-0.25, -0.2) is 0 Å². The molecule has 2 N–H and O–H groups in total. The summed E-state index contributed by atoms with van der Waals surface area (Å²) in [6.07, 6.45) is 2.81. The molecule has 11 nitrogen and oxygen atoms in total. The van der Waals surface area contributed by atoms with Gasteiger partial charge in [0.15, 0.2) is 11.5 Å². The Labute approximate surface area is 286 Å². The molecule has 1 aromatic heterocycles. The number of aromatic nitrogens is 1. The predicted molar refractivity (Wildman–Crippen MR) is 188 cm³/mol. The number of rotatable bonds is 9. The first-order valence-electron chi connectivity index (χ1n) is 17.1. The highest BCUT2D eigenvalue weighted by Gasteiger charge is 2.39. The van der Waals surface area contributed by atoms with Crippen molar-refractivity contribution in [2.75, 3.05) is 39.7 Å². The van der Waals surface area contributed by atoms with Crippen LogP contribution in [0.15, 0.2) is 52.1 Å². The Bertz CT molecular complexity index is 1890. The zero-order valence-electron chi connectivity index (χ0n) is 29.1. The maximum atomic E-state index is 14.4. The molecule has 0 saturated carbocycles. The summed E-state index contributed by atoms with van der Waals surface area (Å²) in [5.74, 6) is 1.37. The molecule has 3 aliphatic rings. The van der Waals surface area contributed by atoms with E-state index in [4.69, 9.17) is 14.2 Å². The van der Waals surface area contributed by atoms with Gasteiger partial charge in [0.1, 0.15) is 6.04 Å². The van der Waals surface area contributed by atoms with E-state index in [0.29, 0.717) is 61.0 Å². The number of pyridine rings is 1. The molecule has 5 atom stereocenters. The zero-order chi connectivity index (χ0) is 35.0. The van der Waals surface area contributed by atoms with Crippen LogP contribution in [-0.4, -0.2) is 61.7 Å². The molecule has 1 aliphatic carbocycles. The lowest BCUT2D eigenvalue weighted by Gasteiger charge is -2.44. The Morgan fingerprint density at radius 2 is 1.76 bits per heavy atom. The van der Waals surface area contributed by atoms with Crippen LogP contribution in [0.2, 0.25) is 0 Å². The first-order chi connectivity index (χ1) is 23.6. The summed E-state index contributed by atoms with van der Waals surface area (Å²) in [5.41, 5.74) is 4.06. The third kappa shape index (κ3) is 6.38. The van der Waals surface area contributed by atoms with Gasteiger partial charge in [-0.1, -0.05) is 32.4 Å². The second-order valence-corrected chi connectivity index (χ2v) is 13.5. The lowest BCUT2D eigenvalue weighted by Crippen LogP contribution is -2.54. The molecule has 49 heavy (non-hydrogen) atoms. The molecule has 6 rings (SSSR count). The molecule has 1 saturated heterocycles. The number of amides is 2. The Hall–Kier alpha value is -4.80. The van der Waals surface area contributed by atoms with Gasteiger partial charge >= 0.3 is 0 Å². The van der Waals surface area contributed by atoms with Crippen LogP contribution in [0.5, 0.6) is 17.2 Å². The highest BCUT2D eigenvalue weighted by molar-refractivity contribution is 5.86. The van der Waals surface area contributed by atoms with Gasteiger partial charge in [-0.15, -0.1) is 0 Å². The monoisotopic (exact) mass is 670 g/mol. The number of aryl methyl sites for hydroxylation is 1. The summed E-state index contributed by atoms with van der Waals surface area (Å²) in [7, 11) is 4.69. The fraction of sp³-hybridized carbons (Fsp3) is 0.474. The van der Waals surface area contributed by atoms with E-state index in [1.807, 2.05) is 41.5 Å². The Morgan fingerprint density at radius 3 is 2.45 bits per heavy atom. The number of hydrogen-bond acceptors (Lipinski definition) is 8. The van der Waals surface area contributed by atoms with Gasteiger partial charge in [0.05, 0.1) is 33.1 Å². The minimum absolute atomic E-state index is 0.00279. The molecule has 2 aliphatic heterocycles. The first kappa shape index (κ1) is 34.1. The Balaban J connectivity index is 1.40. The Morgan fingerprint density at radius 1 is 0.980 bits per heavy atom. The maximum absolute atomic E-state index is 14.4. The smallest absolute Gasteiger partial charge is 0.250 e. The number of likely N-dealkylation sites (tertiary alicyclic amines) is 1. The topological polar surface area (TPSA) is 128 Å². The molecule has 3 heterocycles. The highest BCUT2D eigenvalue weighted by Crippen LogP contribution is 2.50. The molecule has 260 valence electrons. The molecule has 0 spiro atoms. The number of anilines is 1. The maximum Gasteiger partial charge on any atom is 0.250 e. The zero-order valence-corrected chi connectivity index (χ0v) is 29.1. The number of carbonyl (C=O) groups excluding carboxylic acids is 2. The second kappa shape index (κ2) is 14.0. The lowest BCUT2D eigenvalue weighted by molar-refractivity contribution is -0.135.